The molecule has 0 bridgehead atoms. The van der Waals surface area contributed by atoms with Crippen LogP contribution in [0.5, 0.6) is 0 Å². The van der Waals surface area contributed by atoms with Crippen molar-refractivity contribution in [2.24, 2.45) is 5.73 Å². The summed E-state index contributed by atoms with van der Waals surface area (Å²) in [5.41, 5.74) is 5.15. The van der Waals surface area contributed by atoms with E-state index in [0.717, 1.165) is 30.7 Å². The summed E-state index contributed by atoms with van der Waals surface area (Å²) in [4.78, 5) is 4.19. The van der Waals surface area contributed by atoms with Gasteiger partial charge in [0.15, 0.2) is 0 Å². The van der Waals surface area contributed by atoms with Crippen LogP contribution < -0.4 is 5.73 Å². The molecular formula is C10H16N2OS. The van der Waals surface area contributed by atoms with Crippen LogP contribution >= 0.6 is 11.3 Å². The minimum absolute atomic E-state index is 0.156. The highest BCUT2D eigenvalue weighted by Gasteiger charge is 2.39. The summed E-state index contributed by atoms with van der Waals surface area (Å²) in [7, 11) is 0. The summed E-state index contributed by atoms with van der Waals surface area (Å²) in [6.45, 7) is 0. The van der Waals surface area contributed by atoms with Gasteiger partial charge in [0.25, 0.3) is 0 Å². The first-order valence-electron chi connectivity index (χ1n) is 5.11. The highest BCUT2D eigenvalue weighted by molar-refractivity contribution is 7.09. The number of rotatable bonds is 1. The van der Waals surface area contributed by atoms with E-state index < -0.39 is 5.60 Å². The smallest absolute Gasteiger partial charge is 0.131 e. The van der Waals surface area contributed by atoms with Gasteiger partial charge in [0.05, 0.1) is 0 Å². The zero-order valence-corrected chi connectivity index (χ0v) is 8.96. The molecule has 1 aliphatic carbocycles. The van der Waals surface area contributed by atoms with E-state index in [2.05, 4.69) is 4.98 Å². The largest absolute Gasteiger partial charge is 0.381 e. The molecule has 14 heavy (non-hydrogen) atoms. The number of hydrogen-bond donors (Lipinski definition) is 2. The summed E-state index contributed by atoms with van der Waals surface area (Å²) in [6.07, 6.45) is 6.72. The van der Waals surface area contributed by atoms with Gasteiger partial charge in [-0.3, -0.25) is 0 Å². The lowest BCUT2D eigenvalue weighted by atomic mass is 9.91. The minimum atomic E-state index is -0.870. The zero-order chi connectivity index (χ0) is 10.0. The van der Waals surface area contributed by atoms with Gasteiger partial charge in [-0.25, -0.2) is 4.98 Å². The molecule has 1 aromatic rings. The van der Waals surface area contributed by atoms with Crippen molar-refractivity contribution >= 4 is 11.3 Å². The molecule has 2 atom stereocenters. The fraction of sp³-hybridized carbons (Fsp3) is 0.700. The number of nitrogens with zero attached hydrogens (tertiary/aromatic N) is 1. The molecule has 1 fully saturated rings. The zero-order valence-electron chi connectivity index (χ0n) is 8.15. The molecule has 1 aliphatic rings. The Balaban J connectivity index is 2.27. The lowest BCUT2D eigenvalue weighted by Crippen LogP contribution is -2.44. The van der Waals surface area contributed by atoms with Crippen LogP contribution in [0.4, 0.5) is 0 Å². The third kappa shape index (κ3) is 1.69. The molecule has 78 valence electrons. The van der Waals surface area contributed by atoms with Gasteiger partial charge < -0.3 is 10.8 Å². The molecule has 1 heterocycles. The maximum atomic E-state index is 10.5. The lowest BCUT2D eigenvalue weighted by Gasteiger charge is -2.30. The fourth-order valence-electron chi connectivity index (χ4n) is 2.06. The van der Waals surface area contributed by atoms with Crippen LogP contribution in [-0.2, 0) is 5.60 Å². The molecule has 0 aromatic carbocycles. The van der Waals surface area contributed by atoms with Gasteiger partial charge in [0.2, 0.25) is 0 Å². The molecule has 0 amide bonds. The molecule has 1 saturated carbocycles. The Bertz CT molecular complexity index is 288. The summed E-state index contributed by atoms with van der Waals surface area (Å²) in [5, 5.41) is 13.2. The van der Waals surface area contributed by atoms with Gasteiger partial charge in [-0.2, -0.15) is 0 Å². The van der Waals surface area contributed by atoms with Crippen LogP contribution in [0.1, 0.15) is 37.1 Å². The van der Waals surface area contributed by atoms with E-state index >= 15 is 0 Å². The first-order valence-corrected chi connectivity index (χ1v) is 5.99. The molecule has 4 heteroatoms. The van der Waals surface area contributed by atoms with Crippen LogP contribution in [0, 0.1) is 0 Å². The molecule has 0 aliphatic heterocycles. The topological polar surface area (TPSA) is 59.1 Å². The molecular weight excluding hydrogens is 196 g/mol. The van der Waals surface area contributed by atoms with Crippen molar-refractivity contribution in [3.8, 4) is 0 Å². The first kappa shape index (κ1) is 10.1. The monoisotopic (exact) mass is 212 g/mol. The quantitative estimate of drug-likeness (QED) is 0.695. The highest BCUT2D eigenvalue weighted by atomic mass is 32.1. The van der Waals surface area contributed by atoms with Gasteiger partial charge in [0.1, 0.15) is 10.6 Å². The Morgan fingerprint density at radius 2 is 2.36 bits per heavy atom. The molecule has 3 N–H and O–H groups in total. The van der Waals surface area contributed by atoms with Crippen molar-refractivity contribution in [3.05, 3.63) is 16.6 Å². The van der Waals surface area contributed by atoms with Gasteiger partial charge in [-0.15, -0.1) is 11.3 Å². The second-order valence-corrected chi connectivity index (χ2v) is 4.86. The molecule has 1 aromatic heterocycles. The predicted molar refractivity (Wildman–Crippen MR) is 57.1 cm³/mol. The normalized spacial score (nSPS) is 34.0. The summed E-state index contributed by atoms with van der Waals surface area (Å²) in [5.74, 6) is 0. The van der Waals surface area contributed by atoms with E-state index in [0.29, 0.717) is 0 Å². The third-order valence-electron chi connectivity index (χ3n) is 2.99. The first-order chi connectivity index (χ1) is 6.73. The molecule has 3 nitrogen and oxygen atoms in total. The predicted octanol–water partition coefficient (Wildman–Crippen LogP) is 1.62. The van der Waals surface area contributed by atoms with Crippen LogP contribution in [0.2, 0.25) is 0 Å². The molecule has 2 unspecified atom stereocenters. The molecule has 2 rings (SSSR count). The van der Waals surface area contributed by atoms with E-state index in [1.165, 1.54) is 17.8 Å². The summed E-state index contributed by atoms with van der Waals surface area (Å²) in [6, 6.07) is -0.156. The van der Waals surface area contributed by atoms with Crippen molar-refractivity contribution in [1.29, 1.82) is 0 Å². The second-order valence-electron chi connectivity index (χ2n) is 3.97. The van der Waals surface area contributed by atoms with E-state index in [1.807, 2.05) is 5.38 Å². The second kappa shape index (κ2) is 3.96. The van der Waals surface area contributed by atoms with E-state index in [4.69, 9.17) is 5.73 Å². The average molecular weight is 212 g/mol. The van der Waals surface area contributed by atoms with Gasteiger partial charge in [-0.1, -0.05) is 19.3 Å². The van der Waals surface area contributed by atoms with Crippen molar-refractivity contribution < 1.29 is 5.11 Å². The molecule has 0 saturated heterocycles. The van der Waals surface area contributed by atoms with Crippen LogP contribution in [0.3, 0.4) is 0 Å². The van der Waals surface area contributed by atoms with E-state index in [-0.39, 0.29) is 6.04 Å². The maximum absolute atomic E-state index is 10.5. The summed E-state index contributed by atoms with van der Waals surface area (Å²) >= 11 is 1.50. The van der Waals surface area contributed by atoms with Gasteiger partial charge in [-0.05, 0) is 12.8 Å². The number of aromatic nitrogens is 1. The highest BCUT2D eigenvalue weighted by Crippen LogP contribution is 2.35. The van der Waals surface area contributed by atoms with Gasteiger partial charge in [0, 0.05) is 17.6 Å². The van der Waals surface area contributed by atoms with Crippen LogP contribution in [0.15, 0.2) is 11.6 Å². The van der Waals surface area contributed by atoms with Crippen LogP contribution in [0.25, 0.3) is 0 Å². The Morgan fingerprint density at radius 3 is 3.07 bits per heavy atom. The Kier molecular flexibility index (Phi) is 2.85. The average Bonchev–Trinajstić information content (AvgIpc) is 2.64. The Labute approximate surface area is 88.0 Å². The lowest BCUT2D eigenvalue weighted by molar-refractivity contribution is 0.00271. The van der Waals surface area contributed by atoms with Crippen molar-refractivity contribution in [2.75, 3.05) is 0 Å². The van der Waals surface area contributed by atoms with E-state index in [9.17, 15) is 5.11 Å². The minimum Gasteiger partial charge on any atom is -0.381 e. The van der Waals surface area contributed by atoms with Crippen LogP contribution in [-0.4, -0.2) is 16.1 Å². The van der Waals surface area contributed by atoms with Gasteiger partial charge >= 0.3 is 0 Å². The number of aliphatic hydroxyl groups is 1. The Hall–Kier alpha value is -0.450. The van der Waals surface area contributed by atoms with Crippen molar-refractivity contribution in [1.82, 2.24) is 4.98 Å². The molecule has 0 radical (unpaired) electrons. The SMILES string of the molecule is NC1CCCCCC1(O)c1nccs1. The number of thiazole rings is 1. The number of nitrogens with two attached hydrogens (primary N) is 1. The summed E-state index contributed by atoms with van der Waals surface area (Å²) < 4.78 is 0. The molecule has 0 spiro atoms. The third-order valence-corrected chi connectivity index (χ3v) is 3.93. The maximum Gasteiger partial charge on any atom is 0.131 e. The van der Waals surface area contributed by atoms with E-state index in [1.54, 1.807) is 6.20 Å². The standard InChI is InChI=1S/C10H16N2OS/c11-8-4-2-1-3-5-10(8,13)9-12-6-7-14-9/h6-8,13H,1-5,11H2. The fourth-order valence-corrected chi connectivity index (χ4v) is 2.89. The van der Waals surface area contributed by atoms with Crippen molar-refractivity contribution in [3.63, 3.8) is 0 Å². The number of hydrogen-bond acceptors (Lipinski definition) is 4. The van der Waals surface area contributed by atoms with Crippen molar-refractivity contribution in [2.45, 2.75) is 43.7 Å². The Morgan fingerprint density at radius 1 is 1.50 bits per heavy atom.